The van der Waals surface area contributed by atoms with Crippen LogP contribution in [-0.2, 0) is 47.7 Å². The largest absolute Gasteiger partial charge is 0.461 e. The van der Waals surface area contributed by atoms with Crippen LogP contribution in [0, 0.1) is 41.4 Å². The molecule has 12 heteroatoms. The zero-order valence-electron chi connectivity index (χ0n) is 39.6. The Morgan fingerprint density at radius 2 is 1.52 bits per heavy atom. The maximum Gasteiger partial charge on any atom is 0.309 e. The van der Waals surface area contributed by atoms with Crippen molar-refractivity contribution < 1.29 is 57.9 Å². The first-order valence-corrected chi connectivity index (χ1v) is 23.6. The molecule has 3 fully saturated rings. The highest BCUT2D eigenvalue weighted by Gasteiger charge is 2.53. The van der Waals surface area contributed by atoms with Gasteiger partial charge in [0.15, 0.2) is 5.78 Å². The zero-order chi connectivity index (χ0) is 46.4. The summed E-state index contributed by atoms with van der Waals surface area (Å²) >= 11 is 0. The molecule has 2 aliphatic heterocycles. The van der Waals surface area contributed by atoms with Crippen molar-refractivity contribution in [2.45, 2.75) is 180 Å². The molecular formula is C51H78O12. The molecule has 2 N–H and O–H groups in total. The molecule has 12 nitrogen and oxygen atoms in total. The standard InChI is InChI=1S/C51H78O12/c1-31-16-11-10-12-17-32(2)43(60-8)30-40-25-23-36(6)51(58,63-40)49(56)47(55)41-20-13-14-21-42(41)50(57)62-44(34(4)27-37-18-15-19-39(28-37)59-7)29-38(52)24-22-33(3)45(53)48(61-9)46(54)35(5)26-31/h10-12,16-17,22,31,34-37,39-45,48,53,58H,13-15,18-21,23-30H2,1-9H3/b12-10+,16-11+,32-17+,33-22+/t31-,34-,35-,36-,37+,39+,40?,41?,42-,43?,44?,45-,48?,51-/m1/s1. The number of fused-ring (bicyclic) bond motifs is 3. The summed E-state index contributed by atoms with van der Waals surface area (Å²) in [6.45, 7) is 11.1. The molecule has 2 saturated carbocycles. The highest BCUT2D eigenvalue weighted by Crippen LogP contribution is 2.40. The Hall–Kier alpha value is -3.13. The monoisotopic (exact) mass is 883 g/mol. The lowest BCUT2D eigenvalue weighted by Crippen LogP contribution is -2.57. The Labute approximate surface area is 376 Å². The third-order valence-corrected chi connectivity index (χ3v) is 14.4. The van der Waals surface area contributed by atoms with Gasteiger partial charge < -0.3 is 33.9 Å². The van der Waals surface area contributed by atoms with Gasteiger partial charge in [0, 0.05) is 58.3 Å². The second kappa shape index (κ2) is 25.0. The number of methoxy groups -OCH3 is 3. The van der Waals surface area contributed by atoms with Gasteiger partial charge in [-0.2, -0.15) is 0 Å². The van der Waals surface area contributed by atoms with Crippen LogP contribution < -0.4 is 0 Å². The van der Waals surface area contributed by atoms with E-state index in [9.17, 15) is 34.2 Å². The Kier molecular flexibility index (Phi) is 20.8. The van der Waals surface area contributed by atoms with Crippen LogP contribution in [0.5, 0.6) is 0 Å². The lowest BCUT2D eigenvalue weighted by atomic mass is 9.73. The van der Waals surface area contributed by atoms with Crippen LogP contribution in [0.2, 0.25) is 0 Å². The van der Waals surface area contributed by atoms with Crippen molar-refractivity contribution in [2.24, 2.45) is 41.4 Å². The molecule has 354 valence electrons. The maximum atomic E-state index is 14.3. The minimum Gasteiger partial charge on any atom is -0.461 e. The fourth-order valence-corrected chi connectivity index (χ4v) is 10.2. The van der Waals surface area contributed by atoms with Crippen LogP contribution in [0.3, 0.4) is 0 Å². The number of carbonyl (C=O) groups excluding carboxylic acids is 5. The highest BCUT2D eigenvalue weighted by atomic mass is 16.6. The number of allylic oxidation sites excluding steroid dienone is 6. The Morgan fingerprint density at radius 1 is 0.810 bits per heavy atom. The summed E-state index contributed by atoms with van der Waals surface area (Å²) in [6, 6.07) is 0. The molecule has 0 radical (unpaired) electrons. The zero-order valence-corrected chi connectivity index (χ0v) is 39.6. The first-order valence-electron chi connectivity index (χ1n) is 23.6. The van der Waals surface area contributed by atoms with Gasteiger partial charge in [-0.1, -0.05) is 89.8 Å². The molecule has 0 aromatic heterocycles. The van der Waals surface area contributed by atoms with E-state index in [1.807, 2.05) is 58.1 Å². The summed E-state index contributed by atoms with van der Waals surface area (Å²) in [6.07, 6.45) is 15.4. The van der Waals surface area contributed by atoms with Gasteiger partial charge in [0.25, 0.3) is 5.78 Å². The summed E-state index contributed by atoms with van der Waals surface area (Å²) in [5.41, 5.74) is 1.32. The molecule has 4 rings (SSSR count). The molecule has 0 amide bonds. The van der Waals surface area contributed by atoms with Crippen LogP contribution in [0.1, 0.15) is 138 Å². The van der Waals surface area contributed by atoms with Crippen molar-refractivity contribution in [1.82, 2.24) is 0 Å². The van der Waals surface area contributed by atoms with Crippen molar-refractivity contribution in [1.29, 1.82) is 0 Å². The van der Waals surface area contributed by atoms with Gasteiger partial charge in [0.1, 0.15) is 24.1 Å². The van der Waals surface area contributed by atoms with Crippen LogP contribution in [0.25, 0.3) is 0 Å². The van der Waals surface area contributed by atoms with Gasteiger partial charge in [0.2, 0.25) is 11.6 Å². The molecule has 63 heavy (non-hydrogen) atoms. The fourth-order valence-electron chi connectivity index (χ4n) is 10.2. The molecule has 0 spiro atoms. The van der Waals surface area contributed by atoms with Crippen LogP contribution in [-0.4, -0.2) is 103 Å². The predicted molar refractivity (Wildman–Crippen MR) is 240 cm³/mol. The van der Waals surface area contributed by atoms with Gasteiger partial charge in [-0.05, 0) is 94.1 Å². The van der Waals surface area contributed by atoms with Gasteiger partial charge >= 0.3 is 5.97 Å². The van der Waals surface area contributed by atoms with Crippen molar-refractivity contribution in [3.05, 3.63) is 47.6 Å². The first-order chi connectivity index (χ1) is 29.9. The van der Waals surface area contributed by atoms with Crippen molar-refractivity contribution in [2.75, 3.05) is 21.3 Å². The number of Topliss-reactive ketones (excluding diaryl/α,β-unsaturated/α-hetero) is 4. The van der Waals surface area contributed by atoms with E-state index < -0.39 is 77.5 Å². The lowest BCUT2D eigenvalue weighted by molar-refractivity contribution is -0.265. The molecule has 2 aliphatic carbocycles. The molecular weight excluding hydrogens is 805 g/mol. The van der Waals surface area contributed by atoms with E-state index in [0.717, 1.165) is 31.3 Å². The summed E-state index contributed by atoms with van der Waals surface area (Å²) in [7, 11) is 4.70. The Morgan fingerprint density at radius 3 is 2.21 bits per heavy atom. The molecule has 0 aromatic carbocycles. The normalized spacial score (nSPS) is 40.1. The van der Waals surface area contributed by atoms with Gasteiger partial charge in [-0.25, -0.2) is 0 Å². The number of esters is 1. The van der Waals surface area contributed by atoms with E-state index >= 15 is 0 Å². The maximum absolute atomic E-state index is 14.3. The quantitative estimate of drug-likeness (QED) is 0.150. The van der Waals surface area contributed by atoms with Crippen LogP contribution >= 0.6 is 0 Å². The van der Waals surface area contributed by atoms with Gasteiger partial charge in [-0.15, -0.1) is 0 Å². The van der Waals surface area contributed by atoms with Crippen LogP contribution in [0.4, 0.5) is 0 Å². The van der Waals surface area contributed by atoms with Crippen molar-refractivity contribution in [3.63, 3.8) is 0 Å². The molecule has 2 bridgehead atoms. The van der Waals surface area contributed by atoms with Crippen LogP contribution in [0.15, 0.2) is 47.6 Å². The summed E-state index contributed by atoms with van der Waals surface area (Å²) < 4.78 is 29.5. The lowest BCUT2D eigenvalue weighted by Gasteiger charge is -2.42. The molecule has 14 atom stereocenters. The average molecular weight is 883 g/mol. The smallest absolute Gasteiger partial charge is 0.309 e. The number of hydrogen-bond donors (Lipinski definition) is 2. The summed E-state index contributed by atoms with van der Waals surface area (Å²) in [5, 5.41) is 23.2. The van der Waals surface area contributed by atoms with Gasteiger partial charge in [-0.3, -0.25) is 24.0 Å². The van der Waals surface area contributed by atoms with E-state index in [4.69, 9.17) is 23.7 Å². The molecule has 2 heterocycles. The minimum absolute atomic E-state index is 0.0393. The Balaban J connectivity index is 1.67. The van der Waals surface area contributed by atoms with E-state index in [-0.39, 0.29) is 48.8 Å². The van der Waals surface area contributed by atoms with Crippen molar-refractivity contribution in [3.8, 4) is 0 Å². The van der Waals surface area contributed by atoms with Crippen molar-refractivity contribution >= 4 is 29.1 Å². The second-order valence-electron chi connectivity index (χ2n) is 19.3. The molecule has 1 saturated heterocycles. The van der Waals surface area contributed by atoms with E-state index in [1.165, 1.54) is 7.11 Å². The van der Waals surface area contributed by atoms with E-state index in [2.05, 4.69) is 0 Å². The number of ether oxygens (including phenoxy) is 5. The number of rotatable bonds is 6. The number of hydrogen-bond acceptors (Lipinski definition) is 12. The predicted octanol–water partition coefficient (Wildman–Crippen LogP) is 7.96. The fraction of sp³-hybridized carbons (Fsp3) is 0.745. The number of cyclic esters (lactones) is 1. The van der Waals surface area contributed by atoms with Gasteiger partial charge in [0.05, 0.1) is 24.2 Å². The minimum atomic E-state index is -2.36. The number of aliphatic hydroxyl groups excluding tert-OH is 1. The summed E-state index contributed by atoms with van der Waals surface area (Å²) in [4.78, 5) is 70.1. The number of aliphatic hydroxyl groups is 2. The Bertz CT molecular complexity index is 1680. The highest BCUT2D eigenvalue weighted by molar-refractivity contribution is 6.41. The summed E-state index contributed by atoms with van der Waals surface area (Å²) in [5.74, 6) is -8.20. The third kappa shape index (κ3) is 14.4. The topological polar surface area (TPSA) is 172 Å². The number of ketones is 4. The van der Waals surface area contributed by atoms with E-state index in [1.54, 1.807) is 34.1 Å². The SMILES string of the molecule is COC1CC2CC[C@@H](C)[C@@](O)(O2)C(=O)C(=O)C2CCCC[C@H]2C(=O)OC([C@H](C)C[C@@H]2CCC[C@H](OC)C2)CC(=O)C/C=C(\C)[C@@H](O)C(OC)C(=O)[C@H](C)C[C@H](C)/C=C/C=C/C=C/1C. The molecule has 5 unspecified atom stereocenters. The average Bonchev–Trinajstić information content (AvgIpc) is 3.27. The number of carbonyl (C=O) groups is 5. The third-order valence-electron chi connectivity index (χ3n) is 14.4. The van der Waals surface area contributed by atoms with E-state index in [0.29, 0.717) is 62.9 Å². The first kappa shape index (κ1) is 52.5. The second-order valence-corrected chi connectivity index (χ2v) is 19.3. The molecule has 0 aromatic rings. The molecule has 4 aliphatic rings.